The molecule has 12 nitrogen and oxygen atoms in total. The van der Waals surface area contributed by atoms with Crippen LogP contribution in [-0.4, -0.2) is 124 Å². The summed E-state index contributed by atoms with van der Waals surface area (Å²) in [4.78, 5) is 55.8. The average molecular weight is 660 g/mol. The highest BCUT2D eigenvalue weighted by atomic mass is 35.5. The zero-order valence-electron chi connectivity index (χ0n) is 25.2. The van der Waals surface area contributed by atoms with Gasteiger partial charge in [-0.1, -0.05) is 17.7 Å². The van der Waals surface area contributed by atoms with Crippen molar-refractivity contribution in [1.29, 1.82) is 0 Å². The number of urea groups is 1. The highest BCUT2D eigenvalue weighted by Crippen LogP contribution is 2.37. The zero-order valence-corrected chi connectivity index (χ0v) is 26.7. The van der Waals surface area contributed by atoms with Gasteiger partial charge in [0.25, 0.3) is 0 Å². The minimum Gasteiger partial charge on any atom is -0.478 e. The number of rotatable bonds is 8. The molecule has 0 spiro atoms. The SMILES string of the molecule is COC(=O)[C@@H]1C[C@H](N2C[C@@H]3CN(CC4=C(C(=O)O)[C@H](c5ccc(F)cc5Cl)N=C(c5nccs5)N4)CCN3C2=O)CN1C(C)C. The second kappa shape index (κ2) is 12.7. The molecule has 3 saturated heterocycles. The number of aromatic nitrogens is 1. The number of likely N-dealkylation sites (tertiary alicyclic amines) is 1. The zero-order chi connectivity index (χ0) is 32.0. The number of aliphatic imine (C=N–C) groups is 1. The topological polar surface area (TPSA) is 131 Å². The summed E-state index contributed by atoms with van der Waals surface area (Å²) >= 11 is 7.77. The number of amides is 2. The maximum absolute atomic E-state index is 13.9. The van der Waals surface area contributed by atoms with E-state index >= 15 is 0 Å². The lowest BCUT2D eigenvalue weighted by Gasteiger charge is -2.38. The first-order chi connectivity index (χ1) is 21.5. The van der Waals surface area contributed by atoms with Crippen LogP contribution in [0.2, 0.25) is 5.02 Å². The summed E-state index contributed by atoms with van der Waals surface area (Å²) in [5.74, 6) is -1.57. The number of piperazine rings is 1. The quantitative estimate of drug-likeness (QED) is 0.411. The molecule has 0 unspecified atom stereocenters. The molecule has 15 heteroatoms. The van der Waals surface area contributed by atoms with E-state index in [-0.39, 0.29) is 47.3 Å². The van der Waals surface area contributed by atoms with Gasteiger partial charge in [0, 0.05) is 79.2 Å². The molecular weight excluding hydrogens is 625 g/mol. The summed E-state index contributed by atoms with van der Waals surface area (Å²) in [5, 5.41) is 16.1. The van der Waals surface area contributed by atoms with Crippen LogP contribution >= 0.6 is 22.9 Å². The lowest BCUT2D eigenvalue weighted by molar-refractivity contribution is -0.146. The smallest absolute Gasteiger partial charge is 0.335 e. The number of methoxy groups -OCH3 is 1. The highest BCUT2D eigenvalue weighted by molar-refractivity contribution is 7.11. The third kappa shape index (κ3) is 6.03. The van der Waals surface area contributed by atoms with E-state index in [9.17, 15) is 23.9 Å². The molecule has 0 radical (unpaired) electrons. The Bertz CT molecular complexity index is 1550. The van der Waals surface area contributed by atoms with Gasteiger partial charge in [-0.15, -0.1) is 11.3 Å². The monoisotopic (exact) mass is 659 g/mol. The maximum Gasteiger partial charge on any atom is 0.335 e. The van der Waals surface area contributed by atoms with Gasteiger partial charge in [0.05, 0.1) is 18.7 Å². The van der Waals surface area contributed by atoms with Gasteiger partial charge in [0.15, 0.2) is 10.8 Å². The van der Waals surface area contributed by atoms with Crippen molar-refractivity contribution >= 4 is 46.7 Å². The average Bonchev–Trinajstić information content (AvgIpc) is 3.76. The molecule has 5 heterocycles. The van der Waals surface area contributed by atoms with Crippen molar-refractivity contribution in [3.05, 3.63) is 62.5 Å². The van der Waals surface area contributed by atoms with Crippen LogP contribution in [0.25, 0.3) is 0 Å². The lowest BCUT2D eigenvalue weighted by atomic mass is 9.95. The third-order valence-electron chi connectivity index (χ3n) is 8.99. The molecule has 0 bridgehead atoms. The fraction of sp³-hybridized carbons (Fsp3) is 0.500. The standard InChI is InChI=1S/C30H35ClFN7O5S/c1-16(2)38-13-18(11-23(38)29(42)44-3)39-14-19-12-36(7-8-37(19)30(39)43)15-22-24(28(40)41)25(20-5-4-17(32)10-21(20)31)35-26(34-22)27-33-6-9-45-27/h4-6,9-10,16,18-19,23,25H,7-8,11-15H2,1-3H3,(H,34,35)(H,40,41)/t18-,19-,23-,25-/m0/s1. The van der Waals surface area contributed by atoms with Crippen molar-refractivity contribution in [2.45, 2.75) is 50.5 Å². The van der Waals surface area contributed by atoms with Crippen molar-refractivity contribution in [2.75, 3.05) is 46.4 Å². The number of fused-ring (bicyclic) bond motifs is 1. The number of thiazole rings is 1. The fourth-order valence-electron chi connectivity index (χ4n) is 6.84. The number of amidine groups is 1. The number of carbonyl (C=O) groups excluding carboxylic acids is 2. The predicted molar refractivity (Wildman–Crippen MR) is 166 cm³/mol. The van der Waals surface area contributed by atoms with Crippen LogP contribution in [0.5, 0.6) is 0 Å². The van der Waals surface area contributed by atoms with Crippen LogP contribution in [0.15, 0.2) is 46.0 Å². The molecule has 4 aliphatic heterocycles. The normalized spacial score (nSPS) is 25.9. The first kappa shape index (κ1) is 31.4. The van der Waals surface area contributed by atoms with Gasteiger partial charge in [-0.2, -0.15) is 0 Å². The number of halogens is 2. The summed E-state index contributed by atoms with van der Waals surface area (Å²) in [6, 6.07) is 2.36. The van der Waals surface area contributed by atoms with E-state index in [2.05, 4.69) is 25.1 Å². The van der Waals surface area contributed by atoms with E-state index in [1.54, 1.807) is 11.6 Å². The maximum atomic E-state index is 13.9. The van der Waals surface area contributed by atoms with Crippen molar-refractivity contribution in [3.63, 3.8) is 0 Å². The van der Waals surface area contributed by atoms with Crippen LogP contribution in [0.1, 0.15) is 36.9 Å². The summed E-state index contributed by atoms with van der Waals surface area (Å²) in [7, 11) is 1.39. The fourth-order valence-corrected chi connectivity index (χ4v) is 7.70. The minimum atomic E-state index is -1.17. The molecule has 2 aromatic rings. The van der Waals surface area contributed by atoms with Crippen molar-refractivity contribution in [3.8, 4) is 0 Å². The Morgan fingerprint density at radius 2 is 2.00 bits per heavy atom. The number of benzene rings is 1. The molecule has 1 aromatic heterocycles. The lowest BCUT2D eigenvalue weighted by Crippen LogP contribution is -2.53. The predicted octanol–water partition coefficient (Wildman–Crippen LogP) is 2.81. The number of carbonyl (C=O) groups is 3. The van der Waals surface area contributed by atoms with Crippen LogP contribution in [0, 0.1) is 5.82 Å². The van der Waals surface area contributed by atoms with Crippen molar-refractivity contribution in [1.82, 2.24) is 29.9 Å². The number of hydrogen-bond acceptors (Lipinski definition) is 10. The second-order valence-electron chi connectivity index (χ2n) is 11.9. The molecule has 1 aromatic carbocycles. The van der Waals surface area contributed by atoms with Gasteiger partial charge in [0.1, 0.15) is 17.9 Å². The van der Waals surface area contributed by atoms with Crippen LogP contribution < -0.4 is 5.32 Å². The first-order valence-electron chi connectivity index (χ1n) is 14.8. The molecule has 0 aliphatic carbocycles. The number of carboxylic acids is 1. The van der Waals surface area contributed by atoms with Gasteiger partial charge in [-0.05, 0) is 32.4 Å². The summed E-state index contributed by atoms with van der Waals surface area (Å²) < 4.78 is 19.0. The number of nitrogens with zero attached hydrogens (tertiary/aromatic N) is 6. The number of nitrogens with one attached hydrogen (secondary N) is 1. The number of aliphatic carboxylic acids is 1. The molecule has 6 rings (SSSR count). The Hall–Kier alpha value is -3.59. The molecule has 3 fully saturated rings. The van der Waals surface area contributed by atoms with Gasteiger partial charge in [-0.25, -0.2) is 19.0 Å². The second-order valence-corrected chi connectivity index (χ2v) is 13.2. The van der Waals surface area contributed by atoms with Crippen LogP contribution in [-0.2, 0) is 14.3 Å². The Labute approximate surface area is 269 Å². The Balaban J connectivity index is 1.23. The molecule has 0 saturated carbocycles. The van der Waals surface area contributed by atoms with Crippen LogP contribution in [0.3, 0.4) is 0 Å². The van der Waals surface area contributed by atoms with E-state index in [1.165, 1.54) is 30.6 Å². The third-order valence-corrected chi connectivity index (χ3v) is 10.1. The van der Waals surface area contributed by atoms with Crippen molar-refractivity contribution < 1.29 is 28.6 Å². The molecule has 45 heavy (non-hydrogen) atoms. The minimum absolute atomic E-state index is 0.0175. The van der Waals surface area contributed by atoms with Gasteiger partial charge in [0.2, 0.25) is 0 Å². The van der Waals surface area contributed by atoms with Gasteiger partial charge >= 0.3 is 18.0 Å². The molecular formula is C30H35ClFN7O5S. The van der Waals surface area contributed by atoms with E-state index in [0.29, 0.717) is 61.2 Å². The molecule has 4 aliphatic rings. The van der Waals surface area contributed by atoms with Gasteiger partial charge < -0.3 is 25.0 Å². The van der Waals surface area contributed by atoms with Crippen molar-refractivity contribution in [2.24, 2.45) is 4.99 Å². The van der Waals surface area contributed by atoms with E-state index in [4.69, 9.17) is 16.3 Å². The van der Waals surface area contributed by atoms with E-state index < -0.39 is 23.9 Å². The Morgan fingerprint density at radius 3 is 2.67 bits per heavy atom. The first-order valence-corrected chi connectivity index (χ1v) is 16.1. The molecule has 2 N–H and O–H groups in total. The van der Waals surface area contributed by atoms with E-state index in [0.717, 1.165) is 6.07 Å². The van der Waals surface area contributed by atoms with E-state index in [1.807, 2.05) is 23.6 Å². The summed E-state index contributed by atoms with van der Waals surface area (Å²) in [6.07, 6.45) is 2.16. The Kier molecular flexibility index (Phi) is 8.83. The number of carboxylic acid groups (broad SMARTS) is 1. The largest absolute Gasteiger partial charge is 0.478 e. The Morgan fingerprint density at radius 1 is 1.20 bits per heavy atom. The summed E-state index contributed by atoms with van der Waals surface area (Å²) in [6.45, 7) is 6.98. The van der Waals surface area contributed by atoms with Gasteiger partial charge in [-0.3, -0.25) is 19.6 Å². The number of ether oxygens (including phenoxy) is 1. The number of esters is 1. The molecule has 4 atom stereocenters. The van der Waals surface area contributed by atoms with Crippen LogP contribution in [0.4, 0.5) is 9.18 Å². The highest BCUT2D eigenvalue weighted by Gasteiger charge is 2.48. The molecule has 2 amide bonds. The summed E-state index contributed by atoms with van der Waals surface area (Å²) in [5.41, 5.74) is 0.832. The number of hydrogen-bond donors (Lipinski definition) is 2. The molecule has 240 valence electrons.